The maximum Gasteiger partial charge on any atom is 0.194 e. The van der Waals surface area contributed by atoms with Crippen molar-refractivity contribution < 1.29 is 8.83 Å². The van der Waals surface area contributed by atoms with Crippen LogP contribution in [-0.2, 0) is 6.42 Å². The number of hydrogen-bond donors (Lipinski definition) is 0. The van der Waals surface area contributed by atoms with Gasteiger partial charge in [-0.25, -0.2) is 4.98 Å². The van der Waals surface area contributed by atoms with E-state index in [1.807, 2.05) is 19.9 Å². The fourth-order valence-electron chi connectivity index (χ4n) is 1.64. The Kier molecular flexibility index (Phi) is 3.34. The highest BCUT2D eigenvalue weighted by atomic mass is 35.5. The number of nitrogens with zero attached hydrogens (tertiary/aromatic N) is 1. The second kappa shape index (κ2) is 4.74. The van der Waals surface area contributed by atoms with Crippen LogP contribution in [-0.4, -0.2) is 10.9 Å². The molecular weight excluding hydrogens is 226 g/mol. The van der Waals surface area contributed by atoms with Gasteiger partial charge in [0.25, 0.3) is 0 Å². The zero-order valence-corrected chi connectivity index (χ0v) is 10.2. The summed E-state index contributed by atoms with van der Waals surface area (Å²) in [7, 11) is 0. The van der Waals surface area contributed by atoms with Crippen LogP contribution in [0.25, 0.3) is 11.3 Å². The van der Waals surface area contributed by atoms with Crippen molar-refractivity contribution in [1.82, 2.24) is 4.98 Å². The molecule has 0 unspecified atom stereocenters. The highest BCUT2D eigenvalue weighted by Gasteiger charge is 2.12. The molecule has 0 aliphatic carbocycles. The number of aryl methyl sites for hydroxylation is 3. The Morgan fingerprint density at radius 1 is 1.31 bits per heavy atom. The number of alkyl halides is 1. The van der Waals surface area contributed by atoms with Crippen LogP contribution in [0.15, 0.2) is 21.1 Å². The highest BCUT2D eigenvalue weighted by Crippen LogP contribution is 2.27. The van der Waals surface area contributed by atoms with Crippen LogP contribution in [0.1, 0.15) is 23.8 Å². The smallest absolute Gasteiger partial charge is 0.194 e. The first-order valence-corrected chi connectivity index (χ1v) is 5.82. The summed E-state index contributed by atoms with van der Waals surface area (Å²) >= 11 is 5.62. The summed E-state index contributed by atoms with van der Waals surface area (Å²) in [5, 5.41) is 0. The van der Waals surface area contributed by atoms with Crippen molar-refractivity contribution in [2.75, 3.05) is 5.88 Å². The third-order valence-electron chi connectivity index (χ3n) is 2.38. The minimum absolute atomic E-state index is 0.627. The maximum atomic E-state index is 5.64. The van der Waals surface area contributed by atoms with Crippen molar-refractivity contribution in [2.24, 2.45) is 0 Å². The first-order chi connectivity index (χ1) is 7.70. The van der Waals surface area contributed by atoms with Crippen LogP contribution in [0.2, 0.25) is 0 Å². The van der Waals surface area contributed by atoms with Gasteiger partial charge in [-0.1, -0.05) is 0 Å². The fraction of sp³-hybridized carbons (Fsp3) is 0.417. The number of aromatic nitrogens is 1. The van der Waals surface area contributed by atoms with Gasteiger partial charge >= 0.3 is 0 Å². The molecule has 2 heterocycles. The van der Waals surface area contributed by atoms with Gasteiger partial charge < -0.3 is 8.83 Å². The Bertz CT molecular complexity index is 473. The standard InChI is InChI=1S/C12H14ClNO2/c1-8-6-10(9(2)15-8)11-7-14-12(16-11)4-3-5-13/h6-7H,3-5H2,1-2H3. The van der Waals surface area contributed by atoms with Crippen molar-refractivity contribution in [3.05, 3.63) is 29.7 Å². The van der Waals surface area contributed by atoms with E-state index in [-0.39, 0.29) is 0 Å². The lowest BCUT2D eigenvalue weighted by Crippen LogP contribution is -1.84. The molecule has 0 aliphatic rings. The molecule has 0 saturated carbocycles. The number of halogens is 1. The molecule has 0 bridgehead atoms. The second-order valence-corrected chi connectivity index (χ2v) is 4.12. The average molecular weight is 240 g/mol. The first-order valence-electron chi connectivity index (χ1n) is 5.29. The Morgan fingerprint density at radius 2 is 2.12 bits per heavy atom. The van der Waals surface area contributed by atoms with E-state index in [9.17, 15) is 0 Å². The lowest BCUT2D eigenvalue weighted by atomic mass is 10.2. The van der Waals surface area contributed by atoms with Gasteiger partial charge in [0.05, 0.1) is 11.8 Å². The third kappa shape index (κ3) is 2.30. The summed E-state index contributed by atoms with van der Waals surface area (Å²) < 4.78 is 11.1. The van der Waals surface area contributed by atoms with Crippen molar-refractivity contribution in [3.8, 4) is 11.3 Å². The molecule has 0 radical (unpaired) electrons. The Morgan fingerprint density at radius 3 is 2.75 bits per heavy atom. The molecule has 0 spiro atoms. The molecule has 2 aromatic rings. The lowest BCUT2D eigenvalue weighted by molar-refractivity contribution is 0.492. The molecule has 86 valence electrons. The van der Waals surface area contributed by atoms with Crippen molar-refractivity contribution in [2.45, 2.75) is 26.7 Å². The first kappa shape index (κ1) is 11.3. The fourth-order valence-corrected chi connectivity index (χ4v) is 1.78. The molecule has 2 rings (SSSR count). The summed E-state index contributed by atoms with van der Waals surface area (Å²) in [6, 6.07) is 1.96. The molecule has 0 aliphatic heterocycles. The number of furan rings is 1. The van der Waals surface area contributed by atoms with E-state index < -0.39 is 0 Å². The van der Waals surface area contributed by atoms with Crippen molar-refractivity contribution in [3.63, 3.8) is 0 Å². The van der Waals surface area contributed by atoms with E-state index in [0.29, 0.717) is 5.88 Å². The topological polar surface area (TPSA) is 39.2 Å². The molecule has 0 fully saturated rings. The van der Waals surface area contributed by atoms with Gasteiger partial charge in [-0.15, -0.1) is 11.6 Å². The maximum absolute atomic E-state index is 5.64. The number of oxazole rings is 1. The van der Waals surface area contributed by atoms with Gasteiger partial charge in [0.2, 0.25) is 0 Å². The summed E-state index contributed by atoms with van der Waals surface area (Å²) in [4.78, 5) is 4.21. The zero-order chi connectivity index (χ0) is 11.5. The van der Waals surface area contributed by atoms with E-state index in [1.54, 1.807) is 6.20 Å². The van der Waals surface area contributed by atoms with Crippen molar-refractivity contribution in [1.29, 1.82) is 0 Å². The number of rotatable bonds is 4. The second-order valence-electron chi connectivity index (χ2n) is 3.74. The average Bonchev–Trinajstić information content (AvgIpc) is 2.82. The van der Waals surface area contributed by atoms with Gasteiger partial charge in [0, 0.05) is 12.3 Å². The van der Waals surface area contributed by atoms with Crippen molar-refractivity contribution >= 4 is 11.6 Å². The van der Waals surface area contributed by atoms with Crippen LogP contribution in [0.3, 0.4) is 0 Å². The molecule has 0 saturated heterocycles. The predicted molar refractivity (Wildman–Crippen MR) is 62.7 cm³/mol. The third-order valence-corrected chi connectivity index (χ3v) is 2.65. The molecule has 2 aromatic heterocycles. The van der Waals surface area contributed by atoms with Crippen LogP contribution in [0.5, 0.6) is 0 Å². The monoisotopic (exact) mass is 239 g/mol. The Balaban J connectivity index is 2.21. The van der Waals surface area contributed by atoms with Gasteiger partial charge in [0.1, 0.15) is 11.5 Å². The van der Waals surface area contributed by atoms with E-state index in [1.165, 1.54) is 0 Å². The normalized spacial score (nSPS) is 10.9. The van der Waals surface area contributed by atoms with E-state index >= 15 is 0 Å². The molecule has 0 aromatic carbocycles. The predicted octanol–water partition coefficient (Wildman–Crippen LogP) is 3.72. The largest absolute Gasteiger partial charge is 0.466 e. The zero-order valence-electron chi connectivity index (χ0n) is 9.42. The molecule has 3 nitrogen and oxygen atoms in total. The van der Waals surface area contributed by atoms with Gasteiger partial charge in [-0.05, 0) is 26.3 Å². The summed E-state index contributed by atoms with van der Waals surface area (Å²) in [5.74, 6) is 3.86. The summed E-state index contributed by atoms with van der Waals surface area (Å²) in [5.41, 5.74) is 0.974. The summed E-state index contributed by atoms with van der Waals surface area (Å²) in [6.45, 7) is 3.84. The molecule has 0 atom stereocenters. The van der Waals surface area contributed by atoms with E-state index in [4.69, 9.17) is 20.4 Å². The molecule has 0 N–H and O–H groups in total. The Hall–Kier alpha value is -1.22. The minimum atomic E-state index is 0.627. The highest BCUT2D eigenvalue weighted by molar-refractivity contribution is 6.17. The SMILES string of the molecule is Cc1cc(-c2cnc(CCCCl)o2)c(C)o1. The lowest BCUT2D eigenvalue weighted by Gasteiger charge is -1.92. The number of hydrogen-bond acceptors (Lipinski definition) is 3. The molecule has 0 amide bonds. The molecule has 4 heteroatoms. The molecule has 16 heavy (non-hydrogen) atoms. The van der Waals surface area contributed by atoms with Crippen LogP contribution in [0.4, 0.5) is 0 Å². The summed E-state index contributed by atoms with van der Waals surface area (Å²) in [6.07, 6.45) is 3.39. The Labute approximate surface area is 99.4 Å². The van der Waals surface area contributed by atoms with Crippen LogP contribution >= 0.6 is 11.6 Å². The minimum Gasteiger partial charge on any atom is -0.466 e. The van der Waals surface area contributed by atoms with E-state index in [2.05, 4.69) is 4.98 Å². The van der Waals surface area contributed by atoms with Crippen LogP contribution < -0.4 is 0 Å². The quantitative estimate of drug-likeness (QED) is 0.764. The van der Waals surface area contributed by atoms with Gasteiger partial charge in [-0.3, -0.25) is 0 Å². The van der Waals surface area contributed by atoms with E-state index in [0.717, 1.165) is 41.6 Å². The van der Waals surface area contributed by atoms with Crippen LogP contribution in [0, 0.1) is 13.8 Å². The molecular formula is C12H14ClNO2. The van der Waals surface area contributed by atoms with Gasteiger partial charge in [-0.2, -0.15) is 0 Å². The van der Waals surface area contributed by atoms with Gasteiger partial charge in [0.15, 0.2) is 11.7 Å².